The Morgan fingerprint density at radius 1 is 1.19 bits per heavy atom. The molecule has 0 aliphatic heterocycles. The van der Waals surface area contributed by atoms with Gasteiger partial charge in [-0.25, -0.2) is 0 Å². The number of aryl methyl sites for hydroxylation is 1. The molecule has 26 heavy (non-hydrogen) atoms. The predicted molar refractivity (Wildman–Crippen MR) is 95.2 cm³/mol. The van der Waals surface area contributed by atoms with Crippen LogP contribution in [0.2, 0.25) is 0 Å². The Morgan fingerprint density at radius 2 is 1.88 bits per heavy atom. The molecule has 0 radical (unpaired) electrons. The van der Waals surface area contributed by atoms with Crippen LogP contribution in [0.3, 0.4) is 0 Å². The Kier molecular flexibility index (Phi) is 5.15. The van der Waals surface area contributed by atoms with E-state index in [0.717, 1.165) is 31.2 Å². The molecule has 1 aliphatic carbocycles. The molecule has 1 fully saturated rings. The third kappa shape index (κ3) is 3.25. The highest BCUT2D eigenvalue weighted by atomic mass is 16.5. The molecule has 1 saturated carbocycles. The average molecular weight is 359 g/mol. The Hall–Kier alpha value is -2.57. The largest absolute Gasteiger partial charge is 0.493 e. The van der Waals surface area contributed by atoms with Crippen LogP contribution in [0.5, 0.6) is 11.5 Å². The lowest BCUT2D eigenvalue weighted by Gasteiger charge is -2.32. The summed E-state index contributed by atoms with van der Waals surface area (Å²) in [7, 11) is 4.99. The van der Waals surface area contributed by atoms with E-state index in [9.17, 15) is 4.79 Å². The first-order chi connectivity index (χ1) is 12.5. The molecule has 3 rings (SSSR count). The number of ether oxygens (including phenoxy) is 2. The number of benzene rings is 1. The van der Waals surface area contributed by atoms with Crippen molar-refractivity contribution in [3.63, 3.8) is 0 Å². The van der Waals surface area contributed by atoms with Gasteiger partial charge in [-0.2, -0.15) is 0 Å². The zero-order valence-electron chi connectivity index (χ0n) is 15.7. The van der Waals surface area contributed by atoms with Crippen LogP contribution in [-0.2, 0) is 16.8 Å². The molecule has 0 unspecified atom stereocenters. The van der Waals surface area contributed by atoms with E-state index in [1.54, 1.807) is 33.1 Å². The maximum atomic E-state index is 13.4. The molecule has 1 heterocycles. The number of hydrogen-bond donors (Lipinski definition) is 0. The minimum absolute atomic E-state index is 0.0677. The molecule has 0 spiro atoms. The molecular formula is C19H25N3O4. The monoisotopic (exact) mass is 359 g/mol. The summed E-state index contributed by atoms with van der Waals surface area (Å²) < 4.78 is 16.2. The molecule has 1 amide bonds. The van der Waals surface area contributed by atoms with Gasteiger partial charge in [0.2, 0.25) is 17.7 Å². The Balaban J connectivity index is 1.90. The molecule has 0 N–H and O–H groups in total. The molecule has 7 nitrogen and oxygen atoms in total. The third-order valence-electron chi connectivity index (χ3n) is 5.09. The number of carbonyl (C=O) groups is 1. The van der Waals surface area contributed by atoms with Crippen molar-refractivity contribution in [2.75, 3.05) is 21.3 Å². The van der Waals surface area contributed by atoms with Gasteiger partial charge in [0.05, 0.1) is 26.2 Å². The first-order valence-corrected chi connectivity index (χ1v) is 8.77. The Morgan fingerprint density at radius 3 is 2.46 bits per heavy atom. The fraction of sp³-hybridized carbons (Fsp3) is 0.526. The Bertz CT molecular complexity index is 781. The maximum Gasteiger partial charge on any atom is 0.235 e. The molecule has 0 bridgehead atoms. The molecule has 140 valence electrons. The molecule has 2 aromatic rings. The quantitative estimate of drug-likeness (QED) is 0.789. The van der Waals surface area contributed by atoms with Crippen molar-refractivity contribution in [2.24, 2.45) is 0 Å². The second kappa shape index (κ2) is 7.35. The van der Waals surface area contributed by atoms with Crippen molar-refractivity contribution in [1.82, 2.24) is 15.1 Å². The van der Waals surface area contributed by atoms with Gasteiger partial charge in [-0.05, 0) is 30.5 Å². The van der Waals surface area contributed by atoms with Gasteiger partial charge < -0.3 is 18.8 Å². The van der Waals surface area contributed by atoms with Gasteiger partial charge in [0.25, 0.3) is 0 Å². The van der Waals surface area contributed by atoms with E-state index in [0.29, 0.717) is 29.8 Å². The summed E-state index contributed by atoms with van der Waals surface area (Å²) in [5.41, 5.74) is 0.412. The fourth-order valence-corrected chi connectivity index (χ4v) is 3.78. The Labute approximate surface area is 153 Å². The number of amides is 1. The maximum absolute atomic E-state index is 13.4. The third-order valence-corrected chi connectivity index (χ3v) is 5.09. The van der Waals surface area contributed by atoms with E-state index in [4.69, 9.17) is 13.9 Å². The van der Waals surface area contributed by atoms with E-state index >= 15 is 0 Å². The number of methoxy groups -OCH3 is 2. The smallest absolute Gasteiger partial charge is 0.235 e. The zero-order valence-corrected chi connectivity index (χ0v) is 15.7. The number of likely N-dealkylation sites (N-methyl/N-ethyl adjacent to an activating group) is 1. The van der Waals surface area contributed by atoms with Crippen LogP contribution >= 0.6 is 0 Å². The van der Waals surface area contributed by atoms with E-state index in [1.165, 1.54) is 0 Å². The summed E-state index contributed by atoms with van der Waals surface area (Å²) >= 11 is 0. The number of nitrogens with zero attached hydrogens (tertiary/aromatic N) is 3. The van der Waals surface area contributed by atoms with Crippen molar-refractivity contribution in [1.29, 1.82) is 0 Å². The standard InChI is InChI=1S/C19H25N3O4/c1-13-20-21-17(26-13)12-22(2)18(23)19(9-5-6-10-19)14-7-8-15(24-3)16(11-14)25-4/h7-8,11H,5-6,9-10,12H2,1-4H3. The molecule has 1 aliphatic rings. The highest BCUT2D eigenvalue weighted by molar-refractivity contribution is 5.88. The molecule has 7 heteroatoms. The van der Waals surface area contributed by atoms with Crippen molar-refractivity contribution in [3.8, 4) is 11.5 Å². The zero-order chi connectivity index (χ0) is 18.7. The summed E-state index contributed by atoms with van der Waals surface area (Å²) in [5, 5.41) is 7.82. The highest BCUT2D eigenvalue weighted by Gasteiger charge is 2.44. The van der Waals surface area contributed by atoms with E-state index in [2.05, 4.69) is 10.2 Å². The van der Waals surface area contributed by atoms with Crippen LogP contribution in [0.25, 0.3) is 0 Å². The molecular weight excluding hydrogens is 334 g/mol. The average Bonchev–Trinajstić information content (AvgIpc) is 3.30. The van der Waals surface area contributed by atoms with Gasteiger partial charge in [0.15, 0.2) is 11.5 Å². The van der Waals surface area contributed by atoms with Crippen LogP contribution in [0.15, 0.2) is 22.6 Å². The second-order valence-corrected chi connectivity index (χ2v) is 6.74. The van der Waals surface area contributed by atoms with Gasteiger partial charge in [-0.1, -0.05) is 18.9 Å². The minimum Gasteiger partial charge on any atom is -0.493 e. The number of aromatic nitrogens is 2. The van der Waals surface area contributed by atoms with Gasteiger partial charge >= 0.3 is 0 Å². The highest BCUT2D eigenvalue weighted by Crippen LogP contribution is 2.45. The fourth-order valence-electron chi connectivity index (χ4n) is 3.78. The van der Waals surface area contributed by atoms with Crippen molar-refractivity contribution in [3.05, 3.63) is 35.5 Å². The van der Waals surface area contributed by atoms with E-state index in [1.807, 2.05) is 18.2 Å². The SMILES string of the molecule is COc1ccc(C2(C(=O)N(C)Cc3nnc(C)o3)CCCC2)cc1OC. The number of rotatable bonds is 6. The number of carbonyl (C=O) groups excluding carboxylic acids is 1. The van der Waals surface area contributed by atoms with Crippen molar-refractivity contribution in [2.45, 2.75) is 44.6 Å². The van der Waals surface area contributed by atoms with Crippen LogP contribution in [0.4, 0.5) is 0 Å². The molecule has 1 aromatic carbocycles. The first kappa shape index (κ1) is 18.2. The normalized spacial score (nSPS) is 15.7. The van der Waals surface area contributed by atoms with Crippen LogP contribution in [0, 0.1) is 6.92 Å². The molecule has 1 aromatic heterocycles. The molecule has 0 atom stereocenters. The lowest BCUT2D eigenvalue weighted by molar-refractivity contribution is -0.136. The van der Waals surface area contributed by atoms with Gasteiger partial charge in [-0.15, -0.1) is 10.2 Å². The summed E-state index contributed by atoms with van der Waals surface area (Å²) in [4.78, 5) is 15.1. The van der Waals surface area contributed by atoms with Gasteiger partial charge in [0.1, 0.15) is 0 Å². The lowest BCUT2D eigenvalue weighted by atomic mass is 9.77. The first-order valence-electron chi connectivity index (χ1n) is 8.77. The number of hydrogen-bond acceptors (Lipinski definition) is 6. The molecule has 0 saturated heterocycles. The topological polar surface area (TPSA) is 77.7 Å². The summed E-state index contributed by atoms with van der Waals surface area (Å²) in [6.07, 6.45) is 3.67. The van der Waals surface area contributed by atoms with Crippen LogP contribution < -0.4 is 9.47 Å². The van der Waals surface area contributed by atoms with Gasteiger partial charge in [0, 0.05) is 14.0 Å². The summed E-state index contributed by atoms with van der Waals surface area (Å²) in [6.45, 7) is 2.04. The predicted octanol–water partition coefficient (Wildman–Crippen LogP) is 2.87. The minimum atomic E-state index is -0.552. The van der Waals surface area contributed by atoms with E-state index in [-0.39, 0.29) is 5.91 Å². The summed E-state index contributed by atoms with van der Waals surface area (Å²) in [5.74, 6) is 2.30. The van der Waals surface area contributed by atoms with Crippen molar-refractivity contribution >= 4 is 5.91 Å². The summed E-state index contributed by atoms with van der Waals surface area (Å²) in [6, 6.07) is 5.75. The lowest BCUT2D eigenvalue weighted by Crippen LogP contribution is -2.43. The van der Waals surface area contributed by atoms with Gasteiger partial charge in [-0.3, -0.25) is 4.79 Å². The second-order valence-electron chi connectivity index (χ2n) is 6.74. The van der Waals surface area contributed by atoms with E-state index < -0.39 is 5.41 Å². The van der Waals surface area contributed by atoms with Crippen LogP contribution in [0.1, 0.15) is 43.0 Å². The van der Waals surface area contributed by atoms with Crippen molar-refractivity contribution < 1.29 is 18.7 Å². The van der Waals surface area contributed by atoms with Crippen LogP contribution in [-0.4, -0.2) is 42.3 Å².